The number of aromatic nitrogens is 1. The normalized spacial score (nSPS) is 10.7. The molecule has 0 atom stereocenters. The summed E-state index contributed by atoms with van der Waals surface area (Å²) in [6.45, 7) is 2.26. The van der Waals surface area contributed by atoms with Crippen LogP contribution in [0.3, 0.4) is 0 Å². The summed E-state index contributed by atoms with van der Waals surface area (Å²) < 4.78 is 5.73. The smallest absolute Gasteiger partial charge is 0.294 e. The first-order valence-corrected chi connectivity index (χ1v) is 6.92. The summed E-state index contributed by atoms with van der Waals surface area (Å²) in [6.07, 6.45) is 3.93. The number of allylic oxidation sites excluding steroid dienone is 1. The predicted molar refractivity (Wildman–Crippen MR) is 79.2 cm³/mol. The largest absolute Gasteiger partial charge is 0.487 e. The van der Waals surface area contributed by atoms with Crippen molar-refractivity contribution in [2.75, 3.05) is 0 Å². The van der Waals surface area contributed by atoms with E-state index >= 15 is 0 Å². The van der Waals surface area contributed by atoms with Crippen LogP contribution in [0.1, 0.15) is 28.0 Å². The van der Waals surface area contributed by atoms with Crippen molar-refractivity contribution < 1.29 is 9.53 Å². The van der Waals surface area contributed by atoms with Gasteiger partial charge in [0.2, 0.25) is 0 Å². The van der Waals surface area contributed by atoms with Crippen LogP contribution in [0.25, 0.3) is 6.08 Å². The van der Waals surface area contributed by atoms with Gasteiger partial charge in [0.1, 0.15) is 12.4 Å². The summed E-state index contributed by atoms with van der Waals surface area (Å²) in [5.74, 6) is 5.45. The van der Waals surface area contributed by atoms with E-state index in [1.807, 2.05) is 43.3 Å². The van der Waals surface area contributed by atoms with Gasteiger partial charge >= 0.3 is 0 Å². The molecule has 0 aliphatic heterocycles. The number of hydrogen-bond donors (Lipinski definition) is 2. The first kappa shape index (κ1) is 14.2. The van der Waals surface area contributed by atoms with E-state index in [4.69, 9.17) is 10.6 Å². The lowest BCUT2D eigenvalue weighted by molar-refractivity contribution is 0.0953. The number of hydrazine groups is 1. The average Bonchev–Trinajstić information content (AvgIpc) is 2.95. The van der Waals surface area contributed by atoms with Crippen LogP contribution in [-0.2, 0) is 6.61 Å². The Balaban J connectivity index is 2.05. The molecule has 104 valence electrons. The van der Waals surface area contributed by atoms with Crippen molar-refractivity contribution in [1.82, 2.24) is 10.4 Å². The molecular formula is C14H15N3O2S. The van der Waals surface area contributed by atoms with Gasteiger partial charge in [-0.05, 0) is 13.0 Å². The molecule has 1 aromatic carbocycles. The third-order valence-electron chi connectivity index (χ3n) is 2.52. The number of hydrogen-bond acceptors (Lipinski definition) is 5. The summed E-state index contributed by atoms with van der Waals surface area (Å²) in [5.41, 5.74) is 3.76. The van der Waals surface area contributed by atoms with Gasteiger partial charge in [-0.1, -0.05) is 30.4 Å². The first-order valence-electron chi connectivity index (χ1n) is 6.04. The molecule has 20 heavy (non-hydrogen) atoms. The van der Waals surface area contributed by atoms with Crippen molar-refractivity contribution in [2.45, 2.75) is 13.5 Å². The molecule has 5 nitrogen and oxygen atoms in total. The maximum absolute atomic E-state index is 11.3. The Labute approximate surface area is 121 Å². The number of rotatable bonds is 5. The number of nitrogens with two attached hydrogens (primary N) is 1. The van der Waals surface area contributed by atoms with Gasteiger partial charge < -0.3 is 4.74 Å². The quantitative estimate of drug-likeness (QED) is 0.503. The topological polar surface area (TPSA) is 77.2 Å². The second kappa shape index (κ2) is 6.83. The number of carbonyl (C=O) groups is 1. The predicted octanol–water partition coefficient (Wildman–Crippen LogP) is 2.36. The Morgan fingerprint density at radius 1 is 1.50 bits per heavy atom. The lowest BCUT2D eigenvalue weighted by atomic mass is 10.2. The Bertz CT molecular complexity index is 622. The minimum Gasteiger partial charge on any atom is -0.487 e. The van der Waals surface area contributed by atoms with Crippen LogP contribution in [0.4, 0.5) is 0 Å². The standard InChI is InChI=1S/C14H15N3O2S/c1-2-5-10-6-3-4-7-12(10)19-8-11-9-20-14(16-11)13(18)17-15/h2-7,9H,8,15H2,1H3,(H,17,18). The molecule has 2 rings (SSSR count). The van der Waals surface area contributed by atoms with Crippen LogP contribution >= 0.6 is 11.3 Å². The Hall–Kier alpha value is -2.18. The van der Waals surface area contributed by atoms with Crippen LogP contribution < -0.4 is 16.0 Å². The summed E-state index contributed by atoms with van der Waals surface area (Å²) in [7, 11) is 0. The molecule has 6 heteroatoms. The fraction of sp³-hybridized carbons (Fsp3) is 0.143. The van der Waals surface area contributed by atoms with Gasteiger partial charge in [-0.3, -0.25) is 10.2 Å². The molecule has 0 aliphatic carbocycles. The second-order valence-electron chi connectivity index (χ2n) is 3.94. The molecule has 1 aromatic heterocycles. The maximum Gasteiger partial charge on any atom is 0.294 e. The van der Waals surface area contributed by atoms with E-state index in [0.717, 1.165) is 11.3 Å². The molecule has 0 bridgehead atoms. The van der Waals surface area contributed by atoms with E-state index < -0.39 is 5.91 Å². The van der Waals surface area contributed by atoms with Crippen molar-refractivity contribution in [3.05, 3.63) is 52.0 Å². The highest BCUT2D eigenvalue weighted by atomic mass is 32.1. The van der Waals surface area contributed by atoms with Crippen LogP contribution in [0.15, 0.2) is 35.7 Å². The molecular weight excluding hydrogens is 274 g/mol. The molecule has 3 N–H and O–H groups in total. The minimum absolute atomic E-state index is 0.308. The van der Waals surface area contributed by atoms with Gasteiger partial charge in [0.05, 0.1) is 5.69 Å². The zero-order chi connectivity index (χ0) is 14.4. The van der Waals surface area contributed by atoms with Crippen molar-refractivity contribution in [2.24, 2.45) is 5.84 Å². The Morgan fingerprint density at radius 3 is 3.05 bits per heavy atom. The van der Waals surface area contributed by atoms with Gasteiger partial charge in [0, 0.05) is 10.9 Å². The first-order chi connectivity index (χ1) is 9.74. The van der Waals surface area contributed by atoms with E-state index in [2.05, 4.69) is 10.4 Å². The lowest BCUT2D eigenvalue weighted by Gasteiger charge is -2.07. The minimum atomic E-state index is -0.393. The van der Waals surface area contributed by atoms with Crippen LogP contribution in [0.2, 0.25) is 0 Å². The van der Waals surface area contributed by atoms with E-state index in [1.54, 1.807) is 5.38 Å². The van der Waals surface area contributed by atoms with Crippen molar-refractivity contribution in [3.8, 4) is 5.75 Å². The fourth-order valence-corrected chi connectivity index (χ4v) is 2.32. The molecule has 1 heterocycles. The number of nitrogens with one attached hydrogen (secondary N) is 1. The fourth-order valence-electron chi connectivity index (χ4n) is 1.62. The molecule has 1 amide bonds. The van der Waals surface area contributed by atoms with Crippen LogP contribution in [0, 0.1) is 0 Å². The number of carbonyl (C=O) groups excluding carboxylic acids is 1. The molecule has 0 saturated heterocycles. The van der Waals surface area contributed by atoms with Gasteiger partial charge in [-0.25, -0.2) is 10.8 Å². The van der Waals surface area contributed by atoms with E-state index in [9.17, 15) is 4.79 Å². The molecule has 0 saturated carbocycles. The van der Waals surface area contributed by atoms with E-state index in [-0.39, 0.29) is 0 Å². The highest BCUT2D eigenvalue weighted by Gasteiger charge is 2.10. The Morgan fingerprint density at radius 2 is 2.30 bits per heavy atom. The highest BCUT2D eigenvalue weighted by molar-refractivity contribution is 7.11. The molecule has 0 unspecified atom stereocenters. The third kappa shape index (κ3) is 3.43. The average molecular weight is 289 g/mol. The van der Waals surface area contributed by atoms with E-state index in [1.165, 1.54) is 11.3 Å². The lowest BCUT2D eigenvalue weighted by Crippen LogP contribution is -2.29. The SMILES string of the molecule is CC=Cc1ccccc1OCc1csc(C(=O)NN)n1. The van der Waals surface area contributed by atoms with Gasteiger partial charge in [-0.2, -0.15) is 0 Å². The Kier molecular flexibility index (Phi) is 4.86. The number of nitrogen functional groups attached to an aromatic ring is 1. The number of amides is 1. The van der Waals surface area contributed by atoms with Crippen molar-refractivity contribution in [1.29, 1.82) is 0 Å². The zero-order valence-electron chi connectivity index (χ0n) is 11.0. The molecule has 0 aliphatic rings. The third-order valence-corrected chi connectivity index (χ3v) is 3.41. The van der Waals surface area contributed by atoms with E-state index in [0.29, 0.717) is 17.3 Å². The number of ether oxygens (including phenoxy) is 1. The summed E-state index contributed by atoms with van der Waals surface area (Å²) in [6, 6.07) is 7.74. The highest BCUT2D eigenvalue weighted by Crippen LogP contribution is 2.21. The zero-order valence-corrected chi connectivity index (χ0v) is 11.8. The van der Waals surface area contributed by atoms with Gasteiger partial charge in [0.25, 0.3) is 5.91 Å². The van der Waals surface area contributed by atoms with Gasteiger partial charge in [0.15, 0.2) is 5.01 Å². The number of para-hydroxylation sites is 1. The number of benzene rings is 1. The molecule has 0 spiro atoms. The number of thiazole rings is 1. The second-order valence-corrected chi connectivity index (χ2v) is 4.80. The molecule has 0 fully saturated rings. The van der Waals surface area contributed by atoms with Gasteiger partial charge in [-0.15, -0.1) is 11.3 Å². The summed E-state index contributed by atoms with van der Waals surface area (Å²) in [5, 5.41) is 2.11. The monoisotopic (exact) mass is 289 g/mol. The van der Waals surface area contributed by atoms with Crippen LogP contribution in [-0.4, -0.2) is 10.9 Å². The maximum atomic E-state index is 11.3. The van der Waals surface area contributed by atoms with Crippen LogP contribution in [0.5, 0.6) is 5.75 Å². The van der Waals surface area contributed by atoms with Crippen molar-refractivity contribution in [3.63, 3.8) is 0 Å². The molecule has 0 radical (unpaired) electrons. The summed E-state index contributed by atoms with van der Waals surface area (Å²) >= 11 is 1.23. The number of nitrogens with zero attached hydrogens (tertiary/aromatic N) is 1. The van der Waals surface area contributed by atoms with Crippen molar-refractivity contribution >= 4 is 23.3 Å². The molecule has 2 aromatic rings. The summed E-state index contributed by atoms with van der Waals surface area (Å²) in [4.78, 5) is 15.5.